The standard InChI is InChI=1S/C16H30N4O/c1-18-6-4-15(5-7-18)19-8-10-20(11-9-19)16(21)3-2-14-12-17-13-14/h14-15,17H,2-13H2,1H3. The van der Waals surface area contributed by atoms with Crippen LogP contribution in [0.2, 0.25) is 0 Å². The molecule has 120 valence electrons. The van der Waals surface area contributed by atoms with Crippen LogP contribution in [-0.4, -0.2) is 86.1 Å². The molecule has 0 bridgehead atoms. The van der Waals surface area contributed by atoms with E-state index in [2.05, 4.69) is 27.1 Å². The summed E-state index contributed by atoms with van der Waals surface area (Å²) in [5, 5.41) is 3.27. The molecule has 3 rings (SSSR count). The second-order valence-corrected chi connectivity index (χ2v) is 7.01. The molecule has 1 amide bonds. The summed E-state index contributed by atoms with van der Waals surface area (Å²) in [5.74, 6) is 1.12. The van der Waals surface area contributed by atoms with Gasteiger partial charge in [-0.05, 0) is 58.4 Å². The smallest absolute Gasteiger partial charge is 0.222 e. The number of amides is 1. The van der Waals surface area contributed by atoms with Crippen LogP contribution in [0.4, 0.5) is 0 Å². The number of nitrogens with zero attached hydrogens (tertiary/aromatic N) is 3. The molecule has 3 fully saturated rings. The summed E-state index contributed by atoms with van der Waals surface area (Å²) < 4.78 is 0. The van der Waals surface area contributed by atoms with Crippen molar-refractivity contribution in [1.29, 1.82) is 0 Å². The van der Waals surface area contributed by atoms with E-state index in [-0.39, 0.29) is 0 Å². The summed E-state index contributed by atoms with van der Waals surface area (Å²) in [7, 11) is 2.21. The Labute approximate surface area is 128 Å². The minimum atomic E-state index is 0.380. The maximum atomic E-state index is 12.2. The average molecular weight is 294 g/mol. The first-order valence-corrected chi connectivity index (χ1v) is 8.63. The molecule has 0 unspecified atom stereocenters. The van der Waals surface area contributed by atoms with Gasteiger partial charge in [0.15, 0.2) is 0 Å². The van der Waals surface area contributed by atoms with Crippen molar-refractivity contribution in [2.24, 2.45) is 5.92 Å². The Morgan fingerprint density at radius 1 is 1.05 bits per heavy atom. The van der Waals surface area contributed by atoms with E-state index >= 15 is 0 Å². The van der Waals surface area contributed by atoms with Crippen LogP contribution in [0.3, 0.4) is 0 Å². The van der Waals surface area contributed by atoms with Crippen molar-refractivity contribution in [3.63, 3.8) is 0 Å². The van der Waals surface area contributed by atoms with Crippen molar-refractivity contribution < 1.29 is 4.79 Å². The van der Waals surface area contributed by atoms with Gasteiger partial charge in [0.2, 0.25) is 5.91 Å². The van der Waals surface area contributed by atoms with Gasteiger partial charge in [0, 0.05) is 38.6 Å². The highest BCUT2D eigenvalue weighted by Gasteiger charge is 2.28. The monoisotopic (exact) mass is 294 g/mol. The largest absolute Gasteiger partial charge is 0.340 e. The van der Waals surface area contributed by atoms with Gasteiger partial charge in [-0.15, -0.1) is 0 Å². The SMILES string of the molecule is CN1CCC(N2CCN(C(=O)CCC3CNC3)CC2)CC1. The summed E-state index contributed by atoms with van der Waals surface area (Å²) >= 11 is 0. The lowest BCUT2D eigenvalue weighted by Gasteiger charge is -2.42. The Balaban J connectivity index is 1.36. The lowest BCUT2D eigenvalue weighted by atomic mass is 9.97. The third-order valence-electron chi connectivity index (χ3n) is 5.50. The van der Waals surface area contributed by atoms with Crippen LogP contribution in [-0.2, 0) is 4.79 Å². The third-order valence-corrected chi connectivity index (χ3v) is 5.50. The first-order chi connectivity index (χ1) is 10.2. The van der Waals surface area contributed by atoms with Crippen LogP contribution >= 0.6 is 0 Å². The van der Waals surface area contributed by atoms with E-state index in [1.165, 1.54) is 25.9 Å². The van der Waals surface area contributed by atoms with E-state index in [1.807, 2.05) is 0 Å². The fourth-order valence-corrected chi connectivity index (χ4v) is 3.73. The van der Waals surface area contributed by atoms with Crippen molar-refractivity contribution in [2.75, 3.05) is 59.4 Å². The Kier molecular flexibility index (Phi) is 5.14. The molecule has 0 spiro atoms. The molecular weight excluding hydrogens is 264 g/mol. The molecule has 3 heterocycles. The lowest BCUT2D eigenvalue weighted by Crippen LogP contribution is -2.54. The van der Waals surface area contributed by atoms with E-state index in [4.69, 9.17) is 0 Å². The molecule has 0 saturated carbocycles. The molecule has 0 aromatic carbocycles. The molecule has 3 saturated heterocycles. The van der Waals surface area contributed by atoms with Crippen molar-refractivity contribution in [2.45, 2.75) is 31.7 Å². The minimum Gasteiger partial charge on any atom is -0.340 e. The zero-order valence-corrected chi connectivity index (χ0v) is 13.4. The second kappa shape index (κ2) is 7.07. The molecule has 5 heteroatoms. The molecule has 0 aromatic heterocycles. The molecule has 3 aliphatic heterocycles. The van der Waals surface area contributed by atoms with E-state index in [1.54, 1.807) is 0 Å². The van der Waals surface area contributed by atoms with Crippen LogP contribution < -0.4 is 5.32 Å². The molecule has 21 heavy (non-hydrogen) atoms. The molecule has 5 nitrogen and oxygen atoms in total. The van der Waals surface area contributed by atoms with Crippen LogP contribution in [0, 0.1) is 5.92 Å². The van der Waals surface area contributed by atoms with Gasteiger partial charge in [-0.2, -0.15) is 0 Å². The van der Waals surface area contributed by atoms with E-state index in [0.717, 1.165) is 64.1 Å². The number of likely N-dealkylation sites (tertiary alicyclic amines) is 1. The number of piperidine rings is 1. The number of carbonyl (C=O) groups is 1. The number of nitrogens with one attached hydrogen (secondary N) is 1. The summed E-state index contributed by atoms with van der Waals surface area (Å²) in [5.41, 5.74) is 0. The van der Waals surface area contributed by atoms with E-state index < -0.39 is 0 Å². The van der Waals surface area contributed by atoms with Gasteiger partial charge in [-0.3, -0.25) is 9.69 Å². The van der Waals surface area contributed by atoms with Crippen molar-refractivity contribution >= 4 is 5.91 Å². The maximum Gasteiger partial charge on any atom is 0.222 e. The predicted octanol–water partition coefficient (Wildman–Crippen LogP) is 0.224. The Morgan fingerprint density at radius 2 is 1.71 bits per heavy atom. The first-order valence-electron chi connectivity index (χ1n) is 8.63. The average Bonchev–Trinajstić information content (AvgIpc) is 2.46. The highest BCUT2D eigenvalue weighted by Crippen LogP contribution is 2.18. The van der Waals surface area contributed by atoms with Crippen molar-refractivity contribution in [3.8, 4) is 0 Å². The quantitative estimate of drug-likeness (QED) is 0.805. The molecule has 0 aliphatic carbocycles. The van der Waals surface area contributed by atoms with Crippen LogP contribution in [0.5, 0.6) is 0 Å². The minimum absolute atomic E-state index is 0.380. The van der Waals surface area contributed by atoms with E-state index in [0.29, 0.717) is 5.91 Å². The van der Waals surface area contributed by atoms with Crippen molar-refractivity contribution in [3.05, 3.63) is 0 Å². The van der Waals surface area contributed by atoms with Gasteiger partial charge in [-0.25, -0.2) is 0 Å². The predicted molar refractivity (Wildman–Crippen MR) is 84.3 cm³/mol. The Hall–Kier alpha value is -0.650. The van der Waals surface area contributed by atoms with Gasteiger partial charge >= 0.3 is 0 Å². The summed E-state index contributed by atoms with van der Waals surface area (Å²) in [6.45, 7) is 8.69. The van der Waals surface area contributed by atoms with Gasteiger partial charge < -0.3 is 15.1 Å². The number of rotatable bonds is 4. The van der Waals surface area contributed by atoms with Gasteiger partial charge in [-0.1, -0.05) is 0 Å². The highest BCUT2D eigenvalue weighted by molar-refractivity contribution is 5.76. The summed E-state index contributed by atoms with van der Waals surface area (Å²) in [6, 6.07) is 0.750. The Morgan fingerprint density at radius 3 is 2.29 bits per heavy atom. The lowest BCUT2D eigenvalue weighted by molar-refractivity contribution is -0.133. The van der Waals surface area contributed by atoms with Gasteiger partial charge in [0.25, 0.3) is 0 Å². The number of carbonyl (C=O) groups excluding carboxylic acids is 1. The van der Waals surface area contributed by atoms with E-state index in [9.17, 15) is 4.79 Å². The molecule has 0 atom stereocenters. The number of hydrogen-bond donors (Lipinski definition) is 1. The first kappa shape index (κ1) is 15.3. The van der Waals surface area contributed by atoms with Crippen LogP contribution in [0.1, 0.15) is 25.7 Å². The van der Waals surface area contributed by atoms with Crippen molar-refractivity contribution in [1.82, 2.24) is 20.0 Å². The highest BCUT2D eigenvalue weighted by atomic mass is 16.2. The van der Waals surface area contributed by atoms with Crippen LogP contribution in [0.15, 0.2) is 0 Å². The fourth-order valence-electron chi connectivity index (χ4n) is 3.73. The topological polar surface area (TPSA) is 38.8 Å². The van der Waals surface area contributed by atoms with Gasteiger partial charge in [0.05, 0.1) is 0 Å². The zero-order chi connectivity index (χ0) is 14.7. The fraction of sp³-hybridized carbons (Fsp3) is 0.938. The van der Waals surface area contributed by atoms with Crippen LogP contribution in [0.25, 0.3) is 0 Å². The normalized spacial score (nSPS) is 26.8. The molecule has 0 aromatic rings. The summed E-state index contributed by atoms with van der Waals surface area (Å²) in [4.78, 5) is 19.4. The maximum absolute atomic E-state index is 12.2. The molecule has 0 radical (unpaired) electrons. The zero-order valence-electron chi connectivity index (χ0n) is 13.4. The number of hydrogen-bond acceptors (Lipinski definition) is 4. The summed E-state index contributed by atoms with van der Waals surface area (Å²) in [6.07, 6.45) is 4.40. The molecular formula is C16H30N4O. The molecule has 3 aliphatic rings. The third kappa shape index (κ3) is 3.96. The second-order valence-electron chi connectivity index (χ2n) is 7.01. The number of piperazine rings is 1. The Bertz CT molecular complexity index is 342. The molecule has 1 N–H and O–H groups in total. The van der Waals surface area contributed by atoms with Gasteiger partial charge in [0.1, 0.15) is 0 Å².